The van der Waals surface area contributed by atoms with Crippen molar-refractivity contribution in [1.29, 1.82) is 0 Å². The first-order valence-corrected chi connectivity index (χ1v) is 8.88. The Bertz CT molecular complexity index is 1020. The van der Waals surface area contributed by atoms with Crippen LogP contribution in [0.15, 0.2) is 58.6 Å². The highest BCUT2D eigenvalue weighted by molar-refractivity contribution is 7.91. The second-order valence-corrected chi connectivity index (χ2v) is 7.48. The molecule has 0 aliphatic carbocycles. The second-order valence-electron chi connectivity index (χ2n) is 5.13. The van der Waals surface area contributed by atoms with Gasteiger partial charge in [0.05, 0.1) is 20.4 Å². The molecule has 3 aromatic rings. The molecule has 136 valence electrons. The van der Waals surface area contributed by atoms with E-state index in [2.05, 4.69) is 20.5 Å². The van der Waals surface area contributed by atoms with Crippen molar-refractivity contribution in [2.24, 2.45) is 0 Å². The normalized spacial score (nSPS) is 12.2. The van der Waals surface area contributed by atoms with Crippen LogP contribution in [-0.2, 0) is 16.0 Å². The number of anilines is 2. The Hall–Kier alpha value is -2.59. The predicted molar refractivity (Wildman–Crippen MR) is 88.0 cm³/mol. The van der Waals surface area contributed by atoms with Crippen LogP contribution in [0.2, 0.25) is 5.02 Å². The molecule has 0 unspecified atom stereocenters. The number of nitrogens with one attached hydrogen (secondary N) is 2. The topological polar surface area (TPSA) is 87.7 Å². The molecule has 6 nitrogen and oxygen atoms in total. The summed E-state index contributed by atoms with van der Waals surface area (Å²) >= 11 is 5.53. The van der Waals surface area contributed by atoms with Crippen LogP contribution in [-0.4, -0.2) is 23.6 Å². The smallest absolute Gasteiger partial charge is 0.325 e. The van der Waals surface area contributed by atoms with Gasteiger partial charge in [-0.15, -0.1) is 0 Å². The van der Waals surface area contributed by atoms with E-state index in [1.54, 1.807) is 0 Å². The number of aromatic nitrogens is 3. The molecule has 11 heteroatoms. The van der Waals surface area contributed by atoms with E-state index >= 15 is 0 Å². The number of hydrogen-bond acceptors (Lipinski definition) is 5. The molecule has 0 spiro atoms. The van der Waals surface area contributed by atoms with Crippen LogP contribution in [0.5, 0.6) is 0 Å². The van der Waals surface area contributed by atoms with E-state index in [0.29, 0.717) is 17.7 Å². The van der Waals surface area contributed by atoms with Crippen LogP contribution in [0.4, 0.5) is 24.8 Å². The first-order chi connectivity index (χ1) is 12.2. The number of aromatic amines is 1. The summed E-state index contributed by atoms with van der Waals surface area (Å²) in [7, 11) is -4.14. The number of rotatable bonds is 4. The Morgan fingerprint density at radius 3 is 2.27 bits per heavy atom. The summed E-state index contributed by atoms with van der Waals surface area (Å²) in [5.74, 6) is 0.355. The maximum Gasteiger partial charge on any atom is 0.417 e. The third-order valence-corrected chi connectivity index (χ3v) is 5.49. The summed E-state index contributed by atoms with van der Waals surface area (Å²) in [5.41, 5.74) is -0.684. The standard InChI is InChI=1S/C15H10ClF3N4O2S/c16-13-6-5-11(7-12(13)15(17,18)19)26(24,25)10-3-1-9(2-4-10)22-14-20-8-21-23-14/h1-8H,(H2,20,21,22,23). The third kappa shape index (κ3) is 3.65. The molecule has 0 atom stereocenters. The van der Waals surface area contributed by atoms with Gasteiger partial charge in [-0.25, -0.2) is 13.5 Å². The fraction of sp³-hybridized carbons (Fsp3) is 0.0667. The number of sulfone groups is 1. The van der Waals surface area contributed by atoms with Crippen molar-refractivity contribution in [2.45, 2.75) is 16.0 Å². The van der Waals surface area contributed by atoms with Gasteiger partial charge in [0.15, 0.2) is 0 Å². The molecule has 1 aromatic heterocycles. The van der Waals surface area contributed by atoms with E-state index in [0.717, 1.165) is 12.1 Å². The van der Waals surface area contributed by atoms with Crippen LogP contribution in [0.3, 0.4) is 0 Å². The van der Waals surface area contributed by atoms with Crippen LogP contribution < -0.4 is 5.32 Å². The van der Waals surface area contributed by atoms with E-state index in [1.807, 2.05) is 0 Å². The molecule has 0 saturated carbocycles. The van der Waals surface area contributed by atoms with Crippen molar-refractivity contribution < 1.29 is 21.6 Å². The van der Waals surface area contributed by atoms with Gasteiger partial charge in [0.1, 0.15) is 6.33 Å². The summed E-state index contributed by atoms with van der Waals surface area (Å²) < 4.78 is 64.0. The molecule has 0 aliphatic rings. The van der Waals surface area contributed by atoms with Crippen LogP contribution in [0.1, 0.15) is 5.56 Å². The van der Waals surface area contributed by atoms with Crippen molar-refractivity contribution in [1.82, 2.24) is 15.2 Å². The van der Waals surface area contributed by atoms with Crippen molar-refractivity contribution in [3.05, 3.63) is 59.4 Å². The lowest BCUT2D eigenvalue weighted by atomic mass is 10.2. The number of alkyl halides is 3. The predicted octanol–water partition coefficient (Wildman–Crippen LogP) is 4.05. The summed E-state index contributed by atoms with van der Waals surface area (Å²) in [6.07, 6.45) is -3.46. The fourth-order valence-corrected chi connectivity index (χ4v) is 3.66. The number of hydrogen-bond donors (Lipinski definition) is 2. The summed E-state index contributed by atoms with van der Waals surface area (Å²) in [6, 6.07) is 7.93. The second kappa shape index (κ2) is 6.61. The molecule has 26 heavy (non-hydrogen) atoms. The zero-order chi connectivity index (χ0) is 18.9. The van der Waals surface area contributed by atoms with E-state index in [9.17, 15) is 21.6 Å². The number of H-pyrrole nitrogens is 1. The van der Waals surface area contributed by atoms with Gasteiger partial charge < -0.3 is 5.32 Å². The Labute approximate surface area is 151 Å². The Morgan fingerprint density at radius 2 is 1.69 bits per heavy atom. The van der Waals surface area contributed by atoms with E-state index in [4.69, 9.17) is 11.6 Å². The Balaban J connectivity index is 1.93. The minimum absolute atomic E-state index is 0.156. The minimum atomic E-state index is -4.76. The van der Waals surface area contributed by atoms with Crippen molar-refractivity contribution in [3.63, 3.8) is 0 Å². The molecule has 1 heterocycles. The number of nitrogens with zero attached hydrogens (tertiary/aromatic N) is 2. The van der Waals surface area contributed by atoms with E-state index in [-0.39, 0.29) is 4.90 Å². The summed E-state index contributed by atoms with van der Waals surface area (Å²) in [6.45, 7) is 0. The average molecular weight is 403 g/mol. The van der Waals surface area contributed by atoms with Crippen LogP contribution >= 0.6 is 11.6 Å². The lowest BCUT2D eigenvalue weighted by molar-refractivity contribution is -0.137. The minimum Gasteiger partial charge on any atom is -0.325 e. The Morgan fingerprint density at radius 1 is 1.04 bits per heavy atom. The highest BCUT2D eigenvalue weighted by atomic mass is 35.5. The lowest BCUT2D eigenvalue weighted by Crippen LogP contribution is -2.09. The number of benzene rings is 2. The summed E-state index contributed by atoms with van der Waals surface area (Å²) in [4.78, 5) is 3.20. The quantitative estimate of drug-likeness (QED) is 0.687. The molecule has 0 bridgehead atoms. The van der Waals surface area contributed by atoms with Gasteiger partial charge in [-0.1, -0.05) is 11.6 Å². The molecule has 2 aromatic carbocycles. The van der Waals surface area contributed by atoms with E-state index < -0.39 is 31.5 Å². The molecule has 2 N–H and O–H groups in total. The van der Waals surface area contributed by atoms with Gasteiger partial charge in [-0.05, 0) is 42.5 Å². The van der Waals surface area contributed by atoms with Crippen molar-refractivity contribution in [3.8, 4) is 0 Å². The fourth-order valence-electron chi connectivity index (χ4n) is 2.14. The third-order valence-electron chi connectivity index (χ3n) is 3.40. The molecule has 0 aliphatic heterocycles. The molecule has 0 radical (unpaired) electrons. The highest BCUT2D eigenvalue weighted by Crippen LogP contribution is 2.37. The molecule has 0 saturated heterocycles. The first-order valence-electron chi connectivity index (χ1n) is 7.02. The van der Waals surface area contributed by atoms with Gasteiger partial charge >= 0.3 is 6.18 Å². The zero-order valence-electron chi connectivity index (χ0n) is 12.7. The molecular formula is C15H10ClF3N4O2S. The van der Waals surface area contributed by atoms with Crippen LogP contribution in [0.25, 0.3) is 0 Å². The van der Waals surface area contributed by atoms with Crippen molar-refractivity contribution >= 4 is 33.1 Å². The molecule has 0 fully saturated rings. The maximum absolute atomic E-state index is 13.0. The van der Waals surface area contributed by atoms with Gasteiger partial charge in [0, 0.05) is 5.69 Å². The van der Waals surface area contributed by atoms with Gasteiger partial charge in [-0.2, -0.15) is 23.3 Å². The van der Waals surface area contributed by atoms with Crippen LogP contribution in [0, 0.1) is 0 Å². The Kier molecular flexibility index (Phi) is 4.63. The van der Waals surface area contributed by atoms with Gasteiger partial charge in [-0.3, -0.25) is 0 Å². The molecule has 3 rings (SSSR count). The lowest BCUT2D eigenvalue weighted by Gasteiger charge is -2.12. The average Bonchev–Trinajstić information content (AvgIpc) is 3.07. The SMILES string of the molecule is O=S(=O)(c1ccc(Nc2ncn[nH]2)cc1)c1ccc(Cl)c(C(F)(F)F)c1. The monoisotopic (exact) mass is 402 g/mol. The molecule has 0 amide bonds. The van der Waals surface area contributed by atoms with Gasteiger partial charge in [0.2, 0.25) is 15.8 Å². The summed E-state index contributed by atoms with van der Waals surface area (Å²) in [5, 5.41) is 8.51. The maximum atomic E-state index is 13.0. The molecular weight excluding hydrogens is 393 g/mol. The van der Waals surface area contributed by atoms with Gasteiger partial charge in [0.25, 0.3) is 0 Å². The highest BCUT2D eigenvalue weighted by Gasteiger charge is 2.34. The first kappa shape index (κ1) is 18.2. The van der Waals surface area contributed by atoms with Crippen molar-refractivity contribution in [2.75, 3.05) is 5.32 Å². The van der Waals surface area contributed by atoms with E-state index in [1.165, 1.54) is 30.6 Å². The number of halogens is 4. The zero-order valence-corrected chi connectivity index (χ0v) is 14.3. The largest absolute Gasteiger partial charge is 0.417 e.